The van der Waals surface area contributed by atoms with Crippen LogP contribution in [0.15, 0.2) is 59.8 Å². The molecule has 0 aromatic heterocycles. The zero-order valence-electron chi connectivity index (χ0n) is 20.3. The second-order valence-electron chi connectivity index (χ2n) is 8.39. The summed E-state index contributed by atoms with van der Waals surface area (Å²) in [5.41, 5.74) is 4.67. The Hall–Kier alpha value is -3.19. The van der Waals surface area contributed by atoms with Gasteiger partial charge in [-0.25, -0.2) is 4.79 Å². The van der Waals surface area contributed by atoms with E-state index in [4.69, 9.17) is 17.0 Å². The summed E-state index contributed by atoms with van der Waals surface area (Å²) in [6, 6.07) is 14.8. The van der Waals surface area contributed by atoms with Gasteiger partial charge >= 0.3 is 5.97 Å². The number of esters is 1. The van der Waals surface area contributed by atoms with Crippen molar-refractivity contribution in [3.63, 3.8) is 0 Å². The van der Waals surface area contributed by atoms with Crippen LogP contribution in [0.1, 0.15) is 67.6 Å². The predicted octanol–water partition coefficient (Wildman–Crippen LogP) is 5.37. The average molecular weight is 480 g/mol. The van der Waals surface area contributed by atoms with Gasteiger partial charge in [-0.2, -0.15) is 0 Å². The Balaban J connectivity index is 1.72. The third-order valence-electron chi connectivity index (χ3n) is 6.04. The molecule has 2 aromatic rings. The highest BCUT2D eigenvalue weighted by molar-refractivity contribution is 7.80. The maximum Gasteiger partial charge on any atom is 0.338 e. The van der Waals surface area contributed by atoms with Gasteiger partial charge in [-0.1, -0.05) is 44.0 Å². The van der Waals surface area contributed by atoms with E-state index in [1.807, 2.05) is 62.5 Å². The zero-order valence-corrected chi connectivity index (χ0v) is 21.1. The third kappa shape index (κ3) is 6.03. The summed E-state index contributed by atoms with van der Waals surface area (Å²) in [6.07, 6.45) is 4.61. The second-order valence-corrected chi connectivity index (χ2v) is 8.78. The van der Waals surface area contributed by atoms with Crippen LogP contribution in [0.25, 0.3) is 0 Å². The summed E-state index contributed by atoms with van der Waals surface area (Å²) in [4.78, 5) is 27.1. The molecule has 1 aliphatic heterocycles. The van der Waals surface area contributed by atoms with E-state index in [0.29, 0.717) is 28.5 Å². The molecule has 7 heteroatoms. The van der Waals surface area contributed by atoms with E-state index in [9.17, 15) is 9.59 Å². The van der Waals surface area contributed by atoms with Crippen molar-refractivity contribution >= 4 is 34.9 Å². The van der Waals surface area contributed by atoms with E-state index >= 15 is 0 Å². The summed E-state index contributed by atoms with van der Waals surface area (Å²) >= 11 is 5.43. The molecule has 0 fully saturated rings. The van der Waals surface area contributed by atoms with E-state index in [2.05, 4.69) is 17.6 Å². The number of hydrogen-bond donors (Lipinski definition) is 2. The minimum absolute atomic E-state index is 0.158. The molecule has 0 radical (unpaired) electrons. The molecule has 0 unspecified atom stereocenters. The lowest BCUT2D eigenvalue weighted by Gasteiger charge is -2.35. The van der Waals surface area contributed by atoms with Crippen LogP contribution in [-0.4, -0.2) is 35.5 Å². The van der Waals surface area contributed by atoms with Crippen molar-refractivity contribution in [2.45, 2.75) is 52.5 Å². The number of rotatable bonds is 9. The van der Waals surface area contributed by atoms with Crippen LogP contribution >= 0.6 is 12.2 Å². The van der Waals surface area contributed by atoms with Crippen molar-refractivity contribution in [2.24, 2.45) is 0 Å². The largest absolute Gasteiger partial charge is 0.463 e. The number of unbranched alkanes of at least 4 members (excludes halogenated alkanes) is 2. The highest BCUT2D eigenvalue weighted by Crippen LogP contribution is 2.31. The summed E-state index contributed by atoms with van der Waals surface area (Å²) < 4.78 is 5.28. The Morgan fingerprint density at radius 1 is 1.06 bits per heavy atom. The first-order valence-electron chi connectivity index (χ1n) is 11.8. The van der Waals surface area contributed by atoms with Gasteiger partial charge in [-0.15, -0.1) is 0 Å². The lowest BCUT2D eigenvalue weighted by atomic mass is 9.95. The lowest BCUT2D eigenvalue weighted by molar-refractivity contribution is -0.139. The van der Waals surface area contributed by atoms with Crippen molar-refractivity contribution in [1.82, 2.24) is 10.2 Å². The van der Waals surface area contributed by atoms with Crippen LogP contribution in [-0.2, 0) is 16.0 Å². The van der Waals surface area contributed by atoms with Gasteiger partial charge in [0.05, 0.1) is 18.2 Å². The molecule has 6 nitrogen and oxygen atoms in total. The molecule has 0 spiro atoms. The molecule has 2 N–H and O–H groups in total. The number of nitrogens with one attached hydrogen (secondary N) is 2. The van der Waals surface area contributed by atoms with Gasteiger partial charge in [0.15, 0.2) is 5.11 Å². The minimum atomic E-state index is -0.423. The zero-order chi connectivity index (χ0) is 24.7. The monoisotopic (exact) mass is 479 g/mol. The molecular weight excluding hydrogens is 446 g/mol. The summed E-state index contributed by atoms with van der Waals surface area (Å²) in [5.74, 6) is -0.531. The number of carbonyl (C=O) groups is 2. The number of allylic oxidation sites excluding steroid dienone is 1. The maximum atomic E-state index is 12.7. The molecule has 1 heterocycles. The van der Waals surface area contributed by atoms with Gasteiger partial charge in [-0.05, 0) is 74.3 Å². The van der Waals surface area contributed by atoms with Crippen LogP contribution in [0.3, 0.4) is 0 Å². The van der Waals surface area contributed by atoms with Gasteiger partial charge in [0.2, 0.25) is 0 Å². The predicted molar refractivity (Wildman–Crippen MR) is 140 cm³/mol. The molecule has 180 valence electrons. The van der Waals surface area contributed by atoms with Gasteiger partial charge < -0.3 is 20.3 Å². The molecule has 0 saturated carbocycles. The van der Waals surface area contributed by atoms with Crippen molar-refractivity contribution in [3.05, 3.63) is 76.5 Å². The Kier molecular flexibility index (Phi) is 8.82. The summed E-state index contributed by atoms with van der Waals surface area (Å²) in [6.45, 7) is 6.12. The molecule has 0 saturated heterocycles. The van der Waals surface area contributed by atoms with Gasteiger partial charge in [0, 0.05) is 24.0 Å². The fourth-order valence-electron chi connectivity index (χ4n) is 3.92. The molecule has 3 rings (SSSR count). The number of carbonyl (C=O) groups excluding carboxylic acids is 2. The average Bonchev–Trinajstić information content (AvgIpc) is 2.83. The Bertz CT molecular complexity index is 1060. The van der Waals surface area contributed by atoms with Gasteiger partial charge in [0.25, 0.3) is 5.91 Å². The van der Waals surface area contributed by atoms with Gasteiger partial charge in [0.1, 0.15) is 0 Å². The van der Waals surface area contributed by atoms with Crippen LogP contribution < -0.4 is 10.6 Å². The van der Waals surface area contributed by atoms with Crippen molar-refractivity contribution in [1.29, 1.82) is 0 Å². The van der Waals surface area contributed by atoms with Crippen LogP contribution in [0.4, 0.5) is 5.69 Å². The Morgan fingerprint density at radius 2 is 1.74 bits per heavy atom. The normalized spacial score (nSPS) is 15.7. The number of ether oxygens (including phenoxy) is 1. The van der Waals surface area contributed by atoms with Crippen LogP contribution in [0.2, 0.25) is 0 Å². The number of amides is 1. The van der Waals surface area contributed by atoms with E-state index in [1.54, 1.807) is 11.8 Å². The number of benzene rings is 2. The maximum absolute atomic E-state index is 12.7. The summed E-state index contributed by atoms with van der Waals surface area (Å²) in [7, 11) is 1.82. The minimum Gasteiger partial charge on any atom is -0.463 e. The van der Waals surface area contributed by atoms with Crippen molar-refractivity contribution in [3.8, 4) is 0 Å². The Morgan fingerprint density at radius 3 is 2.35 bits per heavy atom. The molecule has 0 aliphatic carbocycles. The summed E-state index contributed by atoms with van der Waals surface area (Å²) in [5, 5.41) is 6.70. The van der Waals surface area contributed by atoms with E-state index in [1.165, 1.54) is 18.4 Å². The standard InChI is InChI=1S/C27H33N3O3S/c1-5-7-8-9-19-10-12-21(13-11-19)25(31)28-22-16-14-20(15-17-22)24-23(26(32)33-6-2)18(3)30(4)27(34)29-24/h10-17,24H,5-9H2,1-4H3,(H,28,31)(H,29,34)/t24-/m1/s1. The van der Waals surface area contributed by atoms with Crippen LogP contribution in [0.5, 0.6) is 0 Å². The fourth-order valence-corrected chi connectivity index (χ4v) is 4.18. The molecular formula is C27H33N3O3S. The highest BCUT2D eigenvalue weighted by Gasteiger charge is 2.33. The van der Waals surface area contributed by atoms with Crippen molar-refractivity contribution in [2.75, 3.05) is 19.0 Å². The molecule has 1 aliphatic rings. The van der Waals surface area contributed by atoms with E-state index < -0.39 is 6.04 Å². The number of aryl methyl sites for hydroxylation is 1. The number of anilines is 1. The second kappa shape index (κ2) is 11.8. The Labute approximate surface area is 207 Å². The SMILES string of the molecule is CCCCCc1ccc(C(=O)Nc2ccc([C@H]3NC(=S)N(C)C(C)=C3C(=O)OCC)cc2)cc1. The highest BCUT2D eigenvalue weighted by atomic mass is 32.1. The lowest BCUT2D eigenvalue weighted by Crippen LogP contribution is -2.46. The molecule has 0 bridgehead atoms. The van der Waals surface area contributed by atoms with E-state index in [0.717, 1.165) is 24.1 Å². The molecule has 2 aromatic carbocycles. The topological polar surface area (TPSA) is 70.7 Å². The first-order chi connectivity index (χ1) is 16.3. The number of nitrogens with zero attached hydrogens (tertiary/aromatic N) is 1. The quantitative estimate of drug-likeness (QED) is 0.286. The molecule has 1 amide bonds. The van der Waals surface area contributed by atoms with Gasteiger partial charge in [-0.3, -0.25) is 4.79 Å². The smallest absolute Gasteiger partial charge is 0.338 e. The van der Waals surface area contributed by atoms with Crippen LogP contribution in [0, 0.1) is 0 Å². The fraction of sp³-hybridized carbons (Fsp3) is 0.370. The number of hydrogen-bond acceptors (Lipinski definition) is 4. The molecule has 34 heavy (non-hydrogen) atoms. The van der Waals surface area contributed by atoms with E-state index in [-0.39, 0.29) is 11.9 Å². The molecule has 1 atom stereocenters. The first kappa shape index (κ1) is 25.4. The third-order valence-corrected chi connectivity index (χ3v) is 6.43. The van der Waals surface area contributed by atoms with Crippen molar-refractivity contribution < 1.29 is 14.3 Å². The number of thiocarbonyl (C=S) groups is 1. The first-order valence-corrected chi connectivity index (χ1v) is 12.2.